The topological polar surface area (TPSA) is 62.4 Å². The molecule has 4 aromatic rings. The van der Waals surface area contributed by atoms with Gasteiger partial charge in [-0.3, -0.25) is 9.59 Å². The van der Waals surface area contributed by atoms with Gasteiger partial charge in [0.25, 0.3) is 5.91 Å². The van der Waals surface area contributed by atoms with E-state index >= 15 is 0 Å². The Kier molecular flexibility index (Phi) is 4.81. The second-order valence-corrected chi connectivity index (χ2v) is 8.85. The lowest BCUT2D eigenvalue weighted by Gasteiger charge is -2.38. The third kappa shape index (κ3) is 3.51. The van der Waals surface area contributed by atoms with Crippen molar-refractivity contribution < 1.29 is 23.1 Å². The fraction of sp³-hybridized carbons (Fsp3) is 0.143. The minimum Gasteiger partial charge on any atom is -0.429 e. The molecule has 0 bridgehead atoms. The molecule has 0 radical (unpaired) electrons. The van der Waals surface area contributed by atoms with Gasteiger partial charge in [0.15, 0.2) is 0 Å². The molecule has 0 saturated heterocycles. The Labute approximate surface area is 199 Å². The molecule has 0 unspecified atom stereocenters. The van der Waals surface area contributed by atoms with Crippen LogP contribution in [0.2, 0.25) is 0 Å². The van der Waals surface area contributed by atoms with Gasteiger partial charge < -0.3 is 14.6 Å². The quantitative estimate of drug-likeness (QED) is 0.407. The number of benzene rings is 3. The van der Waals surface area contributed by atoms with Crippen molar-refractivity contribution in [3.8, 4) is 11.1 Å². The number of amides is 1. The Hall–Kier alpha value is -4.26. The lowest BCUT2D eigenvalue weighted by atomic mass is 9.88. The van der Waals surface area contributed by atoms with Crippen molar-refractivity contribution in [1.82, 2.24) is 9.88 Å². The van der Waals surface area contributed by atoms with E-state index in [0.29, 0.717) is 23.3 Å². The van der Waals surface area contributed by atoms with E-state index in [4.69, 9.17) is 4.74 Å². The van der Waals surface area contributed by atoms with Crippen molar-refractivity contribution in [2.45, 2.75) is 25.4 Å². The van der Waals surface area contributed by atoms with E-state index in [1.54, 1.807) is 17.0 Å². The first-order valence-electron chi connectivity index (χ1n) is 11.3. The molecule has 35 heavy (non-hydrogen) atoms. The summed E-state index contributed by atoms with van der Waals surface area (Å²) in [5.74, 6) is -1.66. The van der Waals surface area contributed by atoms with Crippen LogP contribution in [0.4, 0.5) is 8.78 Å². The number of fused-ring (bicyclic) bond motifs is 4. The van der Waals surface area contributed by atoms with Gasteiger partial charge in [0.2, 0.25) is 0 Å². The van der Waals surface area contributed by atoms with Gasteiger partial charge in [-0.25, -0.2) is 8.78 Å². The first kappa shape index (κ1) is 21.3. The molecule has 6 rings (SSSR count). The van der Waals surface area contributed by atoms with E-state index in [-0.39, 0.29) is 5.91 Å². The molecular formula is C28H20F2N2O3. The number of carbonyl (C=O) groups excluding carboxylic acids is 2. The third-order valence-electron chi connectivity index (χ3n) is 6.66. The molecule has 0 saturated carbocycles. The minimum atomic E-state index is -0.645. The van der Waals surface area contributed by atoms with Gasteiger partial charge >= 0.3 is 5.97 Å². The second kappa shape index (κ2) is 7.91. The number of esters is 1. The SMILES string of the molecule is CC(=O)OC1=CC(=O)N2[C@H](c3ccc(-c4cc(F)cc(F)c4)cc3)c3[nH]c4ccccc4c3C[C@@H]12. The van der Waals surface area contributed by atoms with Crippen LogP contribution in [0.25, 0.3) is 22.0 Å². The summed E-state index contributed by atoms with van der Waals surface area (Å²) in [6.07, 6.45) is 1.90. The van der Waals surface area contributed by atoms with Crippen molar-refractivity contribution in [3.05, 3.63) is 107 Å². The number of nitrogens with zero attached hydrogens (tertiary/aromatic N) is 1. The van der Waals surface area contributed by atoms with Crippen molar-refractivity contribution in [1.29, 1.82) is 0 Å². The number of halogens is 2. The summed E-state index contributed by atoms with van der Waals surface area (Å²) in [5.41, 5.74) is 4.84. The average Bonchev–Trinajstić information content (AvgIpc) is 3.34. The van der Waals surface area contributed by atoms with Crippen LogP contribution in [0, 0.1) is 11.6 Å². The lowest BCUT2D eigenvalue weighted by Crippen LogP contribution is -2.44. The summed E-state index contributed by atoms with van der Waals surface area (Å²) in [5, 5.41) is 1.06. The Morgan fingerprint density at radius 3 is 2.43 bits per heavy atom. The molecule has 1 N–H and O–H groups in total. The predicted molar refractivity (Wildman–Crippen MR) is 126 cm³/mol. The number of para-hydroxylation sites is 1. The first-order valence-corrected chi connectivity index (χ1v) is 11.3. The van der Waals surface area contributed by atoms with E-state index in [1.807, 2.05) is 36.4 Å². The summed E-state index contributed by atoms with van der Waals surface area (Å²) in [7, 11) is 0. The maximum Gasteiger partial charge on any atom is 0.307 e. The Morgan fingerprint density at radius 1 is 1.00 bits per heavy atom. The van der Waals surface area contributed by atoms with Crippen molar-refractivity contribution in [3.63, 3.8) is 0 Å². The third-order valence-corrected chi connectivity index (χ3v) is 6.66. The number of H-pyrrole nitrogens is 1. The highest BCUT2D eigenvalue weighted by molar-refractivity contribution is 5.94. The van der Waals surface area contributed by atoms with Gasteiger partial charge in [-0.15, -0.1) is 0 Å². The molecule has 3 heterocycles. The van der Waals surface area contributed by atoms with Crippen LogP contribution in [0.3, 0.4) is 0 Å². The average molecular weight is 470 g/mol. The maximum absolute atomic E-state index is 13.7. The molecule has 0 fully saturated rings. The normalized spacial score (nSPS) is 18.9. The number of ether oxygens (including phenoxy) is 1. The maximum atomic E-state index is 13.7. The van der Waals surface area contributed by atoms with Crippen LogP contribution in [0.5, 0.6) is 0 Å². The zero-order chi connectivity index (χ0) is 24.3. The summed E-state index contributed by atoms with van der Waals surface area (Å²) in [6.45, 7) is 1.32. The standard InChI is InChI=1S/C28H20F2N2O3/c1-15(33)35-25-14-26(34)32-24(25)13-22-21-4-2-3-5-23(21)31-27(22)28(32)17-8-6-16(7-9-17)18-10-19(29)12-20(30)11-18/h2-12,14,24,28,31H,13H2,1H3/t24-,28+/m0/s1. The van der Waals surface area contributed by atoms with Crippen molar-refractivity contribution >= 4 is 22.8 Å². The fourth-order valence-electron chi connectivity index (χ4n) is 5.26. The highest BCUT2D eigenvalue weighted by atomic mass is 19.1. The molecule has 3 aromatic carbocycles. The summed E-state index contributed by atoms with van der Waals surface area (Å²) >= 11 is 0. The van der Waals surface area contributed by atoms with Crippen LogP contribution >= 0.6 is 0 Å². The van der Waals surface area contributed by atoms with Gasteiger partial charge in [-0.2, -0.15) is 0 Å². The number of nitrogens with one attached hydrogen (secondary N) is 1. The second-order valence-electron chi connectivity index (χ2n) is 8.85. The Balaban J connectivity index is 1.47. The number of rotatable bonds is 3. The highest BCUT2D eigenvalue weighted by Gasteiger charge is 2.46. The largest absolute Gasteiger partial charge is 0.429 e. The molecule has 2 atom stereocenters. The highest BCUT2D eigenvalue weighted by Crippen LogP contribution is 2.45. The van der Waals surface area contributed by atoms with Gasteiger partial charge in [-0.05, 0) is 40.5 Å². The molecule has 2 aliphatic rings. The van der Waals surface area contributed by atoms with E-state index < -0.39 is 29.7 Å². The van der Waals surface area contributed by atoms with Gasteiger partial charge in [0, 0.05) is 42.1 Å². The molecule has 2 aliphatic heterocycles. The Bertz CT molecular complexity index is 1520. The zero-order valence-electron chi connectivity index (χ0n) is 18.7. The molecule has 0 aliphatic carbocycles. The predicted octanol–water partition coefficient (Wildman–Crippen LogP) is 5.42. The monoisotopic (exact) mass is 470 g/mol. The molecule has 7 heteroatoms. The molecule has 1 amide bonds. The first-order chi connectivity index (χ1) is 16.9. The summed E-state index contributed by atoms with van der Waals surface area (Å²) in [6, 6.07) is 17.8. The number of aromatic nitrogens is 1. The van der Waals surface area contributed by atoms with E-state index in [2.05, 4.69) is 4.98 Å². The molecular weight excluding hydrogens is 450 g/mol. The van der Waals surface area contributed by atoms with Crippen LogP contribution in [0.15, 0.2) is 78.6 Å². The molecule has 0 spiro atoms. The number of aromatic amines is 1. The summed E-state index contributed by atoms with van der Waals surface area (Å²) < 4.78 is 32.9. The Morgan fingerprint density at radius 2 is 1.71 bits per heavy atom. The van der Waals surface area contributed by atoms with E-state index in [0.717, 1.165) is 33.8 Å². The molecule has 1 aromatic heterocycles. The molecule has 174 valence electrons. The number of hydrogen-bond acceptors (Lipinski definition) is 3. The zero-order valence-corrected chi connectivity index (χ0v) is 18.7. The smallest absolute Gasteiger partial charge is 0.307 e. The summed E-state index contributed by atoms with van der Waals surface area (Å²) in [4.78, 5) is 30.1. The van der Waals surface area contributed by atoms with Gasteiger partial charge in [0.05, 0.1) is 12.1 Å². The van der Waals surface area contributed by atoms with Crippen LogP contribution in [-0.4, -0.2) is 27.8 Å². The van der Waals surface area contributed by atoms with Gasteiger partial charge in [-0.1, -0.05) is 42.5 Å². The van der Waals surface area contributed by atoms with Gasteiger partial charge in [0.1, 0.15) is 17.4 Å². The van der Waals surface area contributed by atoms with Crippen molar-refractivity contribution in [2.24, 2.45) is 0 Å². The lowest BCUT2D eigenvalue weighted by molar-refractivity contribution is -0.138. The van der Waals surface area contributed by atoms with Crippen LogP contribution in [0.1, 0.15) is 29.8 Å². The fourth-order valence-corrected chi connectivity index (χ4v) is 5.26. The molecule has 5 nitrogen and oxygen atoms in total. The van der Waals surface area contributed by atoms with Crippen LogP contribution < -0.4 is 0 Å². The van der Waals surface area contributed by atoms with E-state index in [1.165, 1.54) is 25.1 Å². The van der Waals surface area contributed by atoms with E-state index in [9.17, 15) is 18.4 Å². The number of hydrogen-bond donors (Lipinski definition) is 1. The van der Waals surface area contributed by atoms with Crippen molar-refractivity contribution in [2.75, 3.05) is 0 Å². The minimum absolute atomic E-state index is 0.239. The number of carbonyl (C=O) groups is 2. The van der Waals surface area contributed by atoms with Crippen LogP contribution in [-0.2, 0) is 20.7 Å².